The van der Waals surface area contributed by atoms with Gasteiger partial charge in [0.15, 0.2) is 0 Å². The number of aromatic nitrogens is 4. The van der Waals surface area contributed by atoms with Gasteiger partial charge < -0.3 is 9.64 Å². The standard InChI is InChI=1S/C18H18ClF2N5O/c1-25-5-3-4-10(8-25)16-15(17(19)24-18-22-9-23-26(16)18)14-12(20)6-11(27-2)7-13(14)21/h6-7,9-10H,3-5,8H2,1-2H3. The number of likely N-dealkylation sites (tertiary alicyclic amines) is 1. The Morgan fingerprint density at radius 1 is 1.22 bits per heavy atom. The molecule has 0 N–H and O–H groups in total. The second-order valence-corrected chi connectivity index (χ2v) is 7.06. The van der Waals surface area contributed by atoms with Crippen LogP contribution in [0.5, 0.6) is 5.75 Å². The number of methoxy groups -OCH3 is 1. The van der Waals surface area contributed by atoms with Crippen LogP contribution in [0, 0.1) is 11.6 Å². The lowest BCUT2D eigenvalue weighted by molar-refractivity contribution is 0.247. The summed E-state index contributed by atoms with van der Waals surface area (Å²) in [6.07, 6.45) is 3.18. The highest BCUT2D eigenvalue weighted by Gasteiger charge is 2.30. The summed E-state index contributed by atoms with van der Waals surface area (Å²) in [6.45, 7) is 1.69. The summed E-state index contributed by atoms with van der Waals surface area (Å²) in [4.78, 5) is 10.5. The molecule has 4 rings (SSSR count). The van der Waals surface area contributed by atoms with E-state index in [9.17, 15) is 8.78 Å². The van der Waals surface area contributed by atoms with Gasteiger partial charge in [0.25, 0.3) is 5.78 Å². The van der Waals surface area contributed by atoms with Gasteiger partial charge >= 0.3 is 0 Å². The molecule has 0 amide bonds. The third-order valence-corrected chi connectivity index (χ3v) is 5.20. The molecule has 6 nitrogen and oxygen atoms in total. The Labute approximate surface area is 159 Å². The highest BCUT2D eigenvalue weighted by Crippen LogP contribution is 2.40. The van der Waals surface area contributed by atoms with Gasteiger partial charge in [-0.05, 0) is 26.4 Å². The molecule has 3 heterocycles. The van der Waals surface area contributed by atoms with E-state index in [1.807, 2.05) is 7.05 Å². The van der Waals surface area contributed by atoms with Crippen molar-refractivity contribution in [2.24, 2.45) is 0 Å². The zero-order valence-corrected chi connectivity index (χ0v) is 15.7. The molecule has 0 spiro atoms. The van der Waals surface area contributed by atoms with E-state index >= 15 is 0 Å². The molecule has 0 saturated carbocycles. The van der Waals surface area contributed by atoms with Crippen molar-refractivity contribution in [2.75, 3.05) is 27.2 Å². The molecule has 0 bridgehead atoms. The van der Waals surface area contributed by atoms with Gasteiger partial charge in [0.05, 0.1) is 18.4 Å². The molecule has 0 radical (unpaired) electrons. The summed E-state index contributed by atoms with van der Waals surface area (Å²) < 4.78 is 36.2. The topological polar surface area (TPSA) is 55.6 Å². The molecule has 1 fully saturated rings. The number of halogens is 3. The molecule has 1 unspecified atom stereocenters. The average Bonchev–Trinajstić information content (AvgIpc) is 3.08. The Kier molecular flexibility index (Phi) is 4.69. The molecule has 1 atom stereocenters. The highest BCUT2D eigenvalue weighted by molar-refractivity contribution is 6.32. The van der Waals surface area contributed by atoms with Gasteiger partial charge in [-0.25, -0.2) is 13.3 Å². The highest BCUT2D eigenvalue weighted by atomic mass is 35.5. The Bertz CT molecular complexity index is 986. The van der Waals surface area contributed by atoms with Crippen molar-refractivity contribution in [1.29, 1.82) is 0 Å². The van der Waals surface area contributed by atoms with Crippen LogP contribution in [0.15, 0.2) is 18.5 Å². The predicted octanol–water partition coefficient (Wildman–Crippen LogP) is 3.54. The van der Waals surface area contributed by atoms with E-state index in [1.54, 1.807) is 0 Å². The number of benzene rings is 1. The molecular weight excluding hydrogens is 376 g/mol. The molecule has 2 aromatic heterocycles. The monoisotopic (exact) mass is 393 g/mol. The third kappa shape index (κ3) is 3.12. The van der Waals surface area contributed by atoms with Gasteiger partial charge in [-0.3, -0.25) is 0 Å². The summed E-state index contributed by atoms with van der Waals surface area (Å²) in [5.74, 6) is -1.13. The first kappa shape index (κ1) is 18.1. The molecular formula is C18H18ClF2N5O. The number of piperidine rings is 1. The van der Waals surface area contributed by atoms with E-state index in [-0.39, 0.29) is 27.9 Å². The Morgan fingerprint density at radius 2 is 1.96 bits per heavy atom. The van der Waals surface area contributed by atoms with Crippen LogP contribution in [0.4, 0.5) is 8.78 Å². The first-order valence-corrected chi connectivity index (χ1v) is 8.98. The Hall–Kier alpha value is -2.32. The minimum Gasteiger partial charge on any atom is -0.497 e. The largest absolute Gasteiger partial charge is 0.497 e. The molecule has 1 aliphatic heterocycles. The number of ether oxygens (including phenoxy) is 1. The molecule has 9 heteroatoms. The number of fused-ring (bicyclic) bond motifs is 1. The van der Waals surface area contributed by atoms with Gasteiger partial charge in [0.1, 0.15) is 28.9 Å². The van der Waals surface area contributed by atoms with Gasteiger partial charge in [0.2, 0.25) is 0 Å². The first-order valence-electron chi connectivity index (χ1n) is 8.60. The van der Waals surface area contributed by atoms with Gasteiger partial charge in [-0.1, -0.05) is 11.6 Å². The zero-order valence-electron chi connectivity index (χ0n) is 14.9. The molecule has 1 aliphatic rings. The van der Waals surface area contributed by atoms with Crippen molar-refractivity contribution in [3.8, 4) is 16.9 Å². The van der Waals surface area contributed by atoms with Crippen LogP contribution in [0.1, 0.15) is 24.5 Å². The van der Waals surface area contributed by atoms with Gasteiger partial charge in [-0.2, -0.15) is 15.1 Å². The van der Waals surface area contributed by atoms with Crippen molar-refractivity contribution >= 4 is 17.4 Å². The van der Waals surface area contributed by atoms with Crippen molar-refractivity contribution in [3.63, 3.8) is 0 Å². The number of likely N-dealkylation sites (N-methyl/N-ethyl adjacent to an activating group) is 1. The molecule has 27 heavy (non-hydrogen) atoms. The second kappa shape index (κ2) is 7.01. The van der Waals surface area contributed by atoms with E-state index < -0.39 is 11.6 Å². The predicted molar refractivity (Wildman–Crippen MR) is 97.2 cm³/mol. The second-order valence-electron chi connectivity index (χ2n) is 6.70. The van der Waals surface area contributed by atoms with Crippen LogP contribution in [0.3, 0.4) is 0 Å². The van der Waals surface area contributed by atoms with E-state index in [0.29, 0.717) is 11.5 Å². The maximum atomic E-state index is 14.9. The fourth-order valence-electron chi connectivity index (χ4n) is 3.74. The molecule has 1 aromatic carbocycles. The van der Waals surface area contributed by atoms with Crippen LogP contribution < -0.4 is 4.74 Å². The minimum atomic E-state index is -0.763. The quantitative estimate of drug-likeness (QED) is 0.637. The smallest absolute Gasteiger partial charge is 0.253 e. The Balaban J connectivity index is 2.01. The van der Waals surface area contributed by atoms with Crippen LogP contribution in [0.2, 0.25) is 5.15 Å². The molecule has 142 valence electrons. The number of nitrogens with zero attached hydrogens (tertiary/aromatic N) is 5. The maximum absolute atomic E-state index is 14.9. The third-order valence-electron chi connectivity index (χ3n) is 4.93. The van der Waals surface area contributed by atoms with E-state index in [1.165, 1.54) is 18.0 Å². The number of rotatable bonds is 3. The Morgan fingerprint density at radius 3 is 2.63 bits per heavy atom. The van der Waals surface area contributed by atoms with Crippen LogP contribution in [0.25, 0.3) is 16.9 Å². The van der Waals surface area contributed by atoms with Crippen LogP contribution in [-0.4, -0.2) is 51.7 Å². The summed E-state index contributed by atoms with van der Waals surface area (Å²) in [5.41, 5.74) is 0.610. The summed E-state index contributed by atoms with van der Waals surface area (Å²) in [6, 6.07) is 2.27. The van der Waals surface area contributed by atoms with Gasteiger partial charge in [0, 0.05) is 30.2 Å². The van der Waals surface area contributed by atoms with Crippen molar-refractivity contribution in [1.82, 2.24) is 24.5 Å². The van der Waals surface area contributed by atoms with Crippen molar-refractivity contribution < 1.29 is 13.5 Å². The summed E-state index contributed by atoms with van der Waals surface area (Å²) in [7, 11) is 3.37. The lowest BCUT2D eigenvalue weighted by atomic mass is 9.89. The summed E-state index contributed by atoms with van der Waals surface area (Å²) >= 11 is 6.40. The van der Waals surface area contributed by atoms with E-state index in [4.69, 9.17) is 16.3 Å². The van der Waals surface area contributed by atoms with Crippen LogP contribution >= 0.6 is 11.6 Å². The molecule has 3 aromatic rings. The molecule has 0 aliphatic carbocycles. The van der Waals surface area contributed by atoms with E-state index in [2.05, 4.69) is 20.0 Å². The summed E-state index contributed by atoms with van der Waals surface area (Å²) in [5, 5.41) is 4.24. The normalized spacial score (nSPS) is 18.2. The van der Waals surface area contributed by atoms with Crippen molar-refractivity contribution in [3.05, 3.63) is 40.9 Å². The lowest BCUT2D eigenvalue weighted by Gasteiger charge is -2.31. The zero-order chi connectivity index (χ0) is 19.1. The first-order chi connectivity index (χ1) is 13.0. The van der Waals surface area contributed by atoms with E-state index in [0.717, 1.165) is 38.1 Å². The lowest BCUT2D eigenvalue weighted by Crippen LogP contribution is -2.32. The molecule has 1 saturated heterocycles. The minimum absolute atomic E-state index is 0.00157. The van der Waals surface area contributed by atoms with Crippen LogP contribution in [-0.2, 0) is 0 Å². The fourth-order valence-corrected chi connectivity index (χ4v) is 4.01. The fraction of sp³-hybridized carbons (Fsp3) is 0.389. The van der Waals surface area contributed by atoms with Gasteiger partial charge in [-0.15, -0.1) is 0 Å². The van der Waals surface area contributed by atoms with Crippen molar-refractivity contribution in [2.45, 2.75) is 18.8 Å². The SMILES string of the molecule is COc1cc(F)c(-c2c(Cl)nc3ncnn3c2C2CCCN(C)C2)c(F)c1. The number of hydrogen-bond donors (Lipinski definition) is 0. The number of hydrogen-bond acceptors (Lipinski definition) is 5. The maximum Gasteiger partial charge on any atom is 0.253 e. The average molecular weight is 394 g/mol.